The van der Waals surface area contributed by atoms with E-state index in [0.29, 0.717) is 22.5 Å². The van der Waals surface area contributed by atoms with Gasteiger partial charge in [0.1, 0.15) is 5.52 Å². The second kappa shape index (κ2) is 17.7. The topological polar surface area (TPSA) is 136 Å². The lowest BCUT2D eigenvalue weighted by molar-refractivity contribution is -0.105. The molecule has 1 saturated heterocycles. The second-order valence-corrected chi connectivity index (χ2v) is 10.5. The zero-order valence-corrected chi connectivity index (χ0v) is 26.2. The SMILES string of the molecule is C#C.C#C.O=CNc1ccc(F)nc1.Oc1ccc(Br)cc1F.c1cc2c(Nc3cc(C4CC4)[nH]n3)nc(N3CCCC3)nn2c1. The molecule has 5 heterocycles. The van der Waals surface area contributed by atoms with Crippen LogP contribution < -0.4 is 15.5 Å². The maximum absolute atomic E-state index is 12.3. The predicted molar refractivity (Wildman–Crippen MR) is 178 cm³/mol. The maximum Gasteiger partial charge on any atom is 0.245 e. The smallest absolute Gasteiger partial charge is 0.245 e. The summed E-state index contributed by atoms with van der Waals surface area (Å²) < 4.78 is 26.9. The van der Waals surface area contributed by atoms with Gasteiger partial charge in [-0.1, -0.05) is 15.9 Å². The van der Waals surface area contributed by atoms with Crippen molar-refractivity contribution in [1.82, 2.24) is 29.8 Å². The van der Waals surface area contributed by atoms with E-state index in [9.17, 15) is 13.6 Å². The summed E-state index contributed by atoms with van der Waals surface area (Å²) in [6.07, 6.45) is 24.6. The number of halogens is 3. The first kappa shape index (κ1) is 35.0. The molecule has 1 aliphatic heterocycles. The monoisotopic (exact) mass is 691 g/mol. The molecule has 2 fully saturated rings. The summed E-state index contributed by atoms with van der Waals surface area (Å²) >= 11 is 3.05. The minimum Gasteiger partial charge on any atom is -0.505 e. The number of fused-ring (bicyclic) bond motifs is 1. The summed E-state index contributed by atoms with van der Waals surface area (Å²) in [6, 6.07) is 12.8. The quantitative estimate of drug-likeness (QED) is 0.0932. The van der Waals surface area contributed by atoms with Gasteiger partial charge in [0.25, 0.3) is 0 Å². The van der Waals surface area contributed by atoms with Crippen LogP contribution in [0.3, 0.4) is 0 Å². The van der Waals surface area contributed by atoms with E-state index in [2.05, 4.69) is 83.5 Å². The fraction of sp³-hybridized carbons (Fsp3) is 0.219. The van der Waals surface area contributed by atoms with Crippen molar-refractivity contribution >= 4 is 51.1 Å². The Hall–Kier alpha value is -5.47. The third-order valence-electron chi connectivity index (χ3n) is 6.49. The number of amides is 1. The number of aromatic nitrogens is 6. The van der Waals surface area contributed by atoms with Crippen molar-refractivity contribution in [2.24, 2.45) is 0 Å². The van der Waals surface area contributed by atoms with E-state index in [1.807, 2.05) is 22.8 Å². The predicted octanol–water partition coefficient (Wildman–Crippen LogP) is 6.26. The summed E-state index contributed by atoms with van der Waals surface area (Å²) in [6.45, 7) is 2.06. The van der Waals surface area contributed by atoms with Crippen LogP contribution in [0.15, 0.2) is 65.4 Å². The summed E-state index contributed by atoms with van der Waals surface area (Å²) in [4.78, 5) is 20.1. The molecule has 46 heavy (non-hydrogen) atoms. The molecule has 0 radical (unpaired) electrons. The molecule has 0 spiro atoms. The number of nitrogens with one attached hydrogen (secondary N) is 3. The molecule has 0 bridgehead atoms. The van der Waals surface area contributed by atoms with Crippen molar-refractivity contribution in [3.8, 4) is 31.4 Å². The zero-order chi connectivity index (χ0) is 33.5. The molecule has 4 N–H and O–H groups in total. The van der Waals surface area contributed by atoms with Gasteiger partial charge in [-0.05, 0) is 68.1 Å². The Morgan fingerprint density at radius 1 is 1.04 bits per heavy atom. The van der Waals surface area contributed by atoms with E-state index >= 15 is 0 Å². The van der Waals surface area contributed by atoms with Crippen LogP contribution in [0.1, 0.15) is 37.3 Å². The normalized spacial score (nSPS) is 12.9. The lowest BCUT2D eigenvalue weighted by Crippen LogP contribution is -2.22. The number of hydrogen-bond donors (Lipinski definition) is 4. The van der Waals surface area contributed by atoms with E-state index < -0.39 is 11.8 Å². The van der Waals surface area contributed by atoms with Crippen LogP contribution in [-0.4, -0.2) is 54.4 Å². The summed E-state index contributed by atoms with van der Waals surface area (Å²) in [5, 5.41) is 26.5. The second-order valence-electron chi connectivity index (χ2n) is 9.63. The van der Waals surface area contributed by atoms with E-state index in [4.69, 9.17) is 10.1 Å². The van der Waals surface area contributed by atoms with Crippen LogP contribution in [0.25, 0.3) is 5.52 Å². The number of H-pyrrole nitrogens is 1. The van der Waals surface area contributed by atoms with Crippen LogP contribution in [0.4, 0.5) is 32.1 Å². The number of aromatic amines is 1. The minimum atomic E-state index is -0.607. The van der Waals surface area contributed by atoms with Crippen molar-refractivity contribution in [2.75, 3.05) is 28.6 Å². The Morgan fingerprint density at radius 3 is 2.39 bits per heavy atom. The molecule has 0 atom stereocenters. The average Bonchev–Trinajstić information content (AvgIpc) is 3.43. The molecule has 11 nitrogen and oxygen atoms in total. The molecule has 0 unspecified atom stereocenters. The number of anilines is 4. The molecule has 1 aliphatic carbocycles. The summed E-state index contributed by atoms with van der Waals surface area (Å²) in [7, 11) is 0. The van der Waals surface area contributed by atoms with E-state index in [1.165, 1.54) is 61.8 Å². The zero-order valence-electron chi connectivity index (χ0n) is 24.7. The van der Waals surface area contributed by atoms with Gasteiger partial charge in [0, 0.05) is 41.4 Å². The number of rotatable bonds is 6. The molecular formula is C32H32BrF2N9O2. The molecule has 2 aliphatic rings. The van der Waals surface area contributed by atoms with Crippen molar-refractivity contribution in [2.45, 2.75) is 31.6 Å². The molecule has 1 aromatic carbocycles. The van der Waals surface area contributed by atoms with Gasteiger partial charge in [-0.2, -0.15) is 14.5 Å². The Balaban J connectivity index is 0.000000209. The minimum absolute atomic E-state index is 0.321. The number of carbonyl (C=O) groups excluding carboxylic acids is 1. The standard InChI is InChI=1S/C16H19N7.C6H4BrFO.C6H5FN2O.2C2H2/c1-2-8-22(7-1)16-18-15(13-4-3-9-23(13)21-16)17-14-10-12(19-20-14)11-5-6-11;7-4-1-2-6(9)5(8)3-4;7-6-2-1-5(3-8-6)9-4-10;2*1-2/h3-4,9-11H,1-2,5-8H2,(H2,17,18,19,20,21);1-3,9H;1-4H,(H,9,10);2*1-2H. The van der Waals surface area contributed by atoms with Crippen LogP contribution in [0, 0.1) is 37.5 Å². The van der Waals surface area contributed by atoms with Gasteiger partial charge in [-0.25, -0.2) is 13.9 Å². The number of phenols is 1. The van der Waals surface area contributed by atoms with Crippen LogP contribution in [0.5, 0.6) is 5.75 Å². The van der Waals surface area contributed by atoms with E-state index in [1.54, 1.807) is 6.07 Å². The first-order valence-corrected chi connectivity index (χ1v) is 14.7. The Kier molecular flexibility index (Phi) is 13.5. The van der Waals surface area contributed by atoms with Crippen molar-refractivity contribution in [3.05, 3.63) is 82.9 Å². The van der Waals surface area contributed by atoms with Crippen LogP contribution >= 0.6 is 15.9 Å². The first-order valence-electron chi connectivity index (χ1n) is 13.9. The largest absolute Gasteiger partial charge is 0.505 e. The number of phenolic OH excluding ortho intramolecular Hbond substituents is 1. The van der Waals surface area contributed by atoms with Crippen molar-refractivity contribution < 1.29 is 18.7 Å². The highest BCUT2D eigenvalue weighted by molar-refractivity contribution is 9.10. The Labute approximate surface area is 273 Å². The highest BCUT2D eigenvalue weighted by atomic mass is 79.9. The Bertz CT molecular complexity index is 1720. The maximum atomic E-state index is 12.3. The van der Waals surface area contributed by atoms with Gasteiger partial charge < -0.3 is 20.6 Å². The van der Waals surface area contributed by atoms with Gasteiger partial charge in [0.2, 0.25) is 18.3 Å². The molecular weight excluding hydrogens is 660 g/mol. The Morgan fingerprint density at radius 2 is 1.78 bits per heavy atom. The molecule has 14 heteroatoms. The van der Waals surface area contributed by atoms with E-state index in [0.717, 1.165) is 36.2 Å². The molecule has 5 aromatic rings. The van der Waals surface area contributed by atoms with Gasteiger partial charge in [-0.3, -0.25) is 9.89 Å². The fourth-order valence-corrected chi connectivity index (χ4v) is 4.54. The molecule has 238 valence electrons. The first-order chi connectivity index (χ1) is 22.4. The molecule has 1 saturated carbocycles. The number of terminal acetylenes is 2. The van der Waals surface area contributed by atoms with Gasteiger partial charge in [-0.15, -0.1) is 30.8 Å². The molecule has 7 rings (SSSR count). The van der Waals surface area contributed by atoms with Crippen LogP contribution in [0.2, 0.25) is 0 Å². The number of benzene rings is 1. The number of carbonyl (C=O) groups is 1. The highest BCUT2D eigenvalue weighted by Gasteiger charge is 2.26. The molecule has 1 amide bonds. The number of nitrogens with zero attached hydrogens (tertiary/aromatic N) is 6. The van der Waals surface area contributed by atoms with Crippen molar-refractivity contribution in [3.63, 3.8) is 0 Å². The number of pyridine rings is 1. The highest BCUT2D eigenvalue weighted by Crippen LogP contribution is 2.39. The third kappa shape index (κ3) is 10.0. The van der Waals surface area contributed by atoms with E-state index in [-0.39, 0.29) is 5.75 Å². The van der Waals surface area contributed by atoms with Crippen LogP contribution in [-0.2, 0) is 4.79 Å². The summed E-state index contributed by atoms with van der Waals surface area (Å²) in [5.41, 5.74) is 2.66. The lowest BCUT2D eigenvalue weighted by Gasteiger charge is -2.16. The lowest BCUT2D eigenvalue weighted by atomic mass is 10.3. The third-order valence-corrected chi connectivity index (χ3v) is 6.99. The van der Waals surface area contributed by atoms with Gasteiger partial charge in [0.15, 0.2) is 23.2 Å². The number of aromatic hydroxyl groups is 1. The summed E-state index contributed by atoms with van der Waals surface area (Å²) in [5.74, 6) is 1.59. The van der Waals surface area contributed by atoms with Gasteiger partial charge in [0.05, 0.1) is 11.9 Å². The molecule has 4 aromatic heterocycles. The fourth-order valence-electron chi connectivity index (χ4n) is 4.20. The number of hydrogen-bond acceptors (Lipinski definition) is 8. The average molecular weight is 693 g/mol. The van der Waals surface area contributed by atoms with Gasteiger partial charge >= 0.3 is 0 Å². The van der Waals surface area contributed by atoms with Crippen molar-refractivity contribution in [1.29, 1.82) is 0 Å².